The van der Waals surface area contributed by atoms with E-state index in [1.165, 1.54) is 6.07 Å². The van der Waals surface area contributed by atoms with Gasteiger partial charge in [0.05, 0.1) is 0 Å². The molecule has 0 aliphatic heterocycles. The number of aromatic amines is 1. The zero-order valence-corrected chi connectivity index (χ0v) is 9.32. The van der Waals surface area contributed by atoms with Crippen LogP contribution in [0.25, 0.3) is 11.5 Å². The van der Waals surface area contributed by atoms with Gasteiger partial charge in [-0.3, -0.25) is 4.79 Å². The maximum Gasteiger partial charge on any atom is 0.251 e. The number of aromatic nitrogens is 3. The van der Waals surface area contributed by atoms with Crippen LogP contribution in [0.4, 0.5) is 0 Å². The summed E-state index contributed by atoms with van der Waals surface area (Å²) in [6, 6.07) is 7.16. The second-order valence-corrected chi connectivity index (χ2v) is 3.60. The topological polar surface area (TPSA) is 58.6 Å². The number of nitrogens with one attached hydrogen (secondary N) is 1. The lowest BCUT2D eigenvalue weighted by Crippen LogP contribution is -2.10. The molecule has 0 aliphatic rings. The Labute approximate surface area is 93.4 Å². The molecular formula is C12H13N3O. The molecule has 0 aromatic carbocycles. The highest BCUT2D eigenvalue weighted by molar-refractivity contribution is 5.48. The third-order valence-electron chi connectivity index (χ3n) is 2.29. The summed E-state index contributed by atoms with van der Waals surface area (Å²) in [7, 11) is 0. The molecule has 0 bridgehead atoms. The minimum Gasteiger partial charge on any atom is -0.305 e. The van der Waals surface area contributed by atoms with Gasteiger partial charge >= 0.3 is 0 Å². The molecule has 0 saturated carbocycles. The van der Waals surface area contributed by atoms with Gasteiger partial charge < -0.3 is 4.98 Å². The monoisotopic (exact) mass is 215 g/mol. The number of H-pyrrole nitrogens is 1. The van der Waals surface area contributed by atoms with Crippen LogP contribution in [0, 0.1) is 6.92 Å². The summed E-state index contributed by atoms with van der Waals surface area (Å²) < 4.78 is 0. The Kier molecular flexibility index (Phi) is 2.81. The van der Waals surface area contributed by atoms with Crippen LogP contribution in [0.5, 0.6) is 0 Å². The first-order valence-electron chi connectivity index (χ1n) is 5.23. The number of pyridine rings is 1. The highest BCUT2D eigenvalue weighted by atomic mass is 16.1. The van der Waals surface area contributed by atoms with E-state index in [2.05, 4.69) is 15.0 Å². The molecule has 0 spiro atoms. The fraction of sp³-hybridized carbons (Fsp3) is 0.250. The first kappa shape index (κ1) is 10.5. The van der Waals surface area contributed by atoms with Crippen LogP contribution in [0.1, 0.15) is 18.3 Å². The minimum atomic E-state index is -0.134. The third kappa shape index (κ3) is 2.16. The van der Waals surface area contributed by atoms with Crippen molar-refractivity contribution in [1.29, 1.82) is 0 Å². The highest BCUT2D eigenvalue weighted by Crippen LogP contribution is 2.10. The van der Waals surface area contributed by atoms with Gasteiger partial charge in [0, 0.05) is 17.5 Å². The van der Waals surface area contributed by atoms with Crippen LogP contribution in [-0.4, -0.2) is 15.0 Å². The highest BCUT2D eigenvalue weighted by Gasteiger charge is 2.04. The molecule has 0 radical (unpaired) electrons. The van der Waals surface area contributed by atoms with E-state index < -0.39 is 0 Å². The fourth-order valence-corrected chi connectivity index (χ4v) is 1.49. The van der Waals surface area contributed by atoms with Crippen LogP contribution in [-0.2, 0) is 6.42 Å². The van der Waals surface area contributed by atoms with Gasteiger partial charge in [-0.25, -0.2) is 9.97 Å². The first-order chi connectivity index (χ1) is 7.69. The van der Waals surface area contributed by atoms with Gasteiger partial charge in [-0.1, -0.05) is 13.0 Å². The van der Waals surface area contributed by atoms with Crippen LogP contribution in [0.2, 0.25) is 0 Å². The van der Waals surface area contributed by atoms with Crippen LogP contribution < -0.4 is 5.56 Å². The van der Waals surface area contributed by atoms with E-state index in [0.29, 0.717) is 11.5 Å². The van der Waals surface area contributed by atoms with Gasteiger partial charge in [-0.15, -0.1) is 0 Å². The molecule has 0 fully saturated rings. The number of aryl methyl sites for hydroxylation is 2. The third-order valence-corrected chi connectivity index (χ3v) is 2.29. The first-order valence-corrected chi connectivity index (χ1v) is 5.23. The van der Waals surface area contributed by atoms with Crippen LogP contribution in [0.3, 0.4) is 0 Å². The van der Waals surface area contributed by atoms with Crippen molar-refractivity contribution in [2.24, 2.45) is 0 Å². The molecule has 4 heteroatoms. The summed E-state index contributed by atoms with van der Waals surface area (Å²) >= 11 is 0. The van der Waals surface area contributed by atoms with Crippen LogP contribution >= 0.6 is 0 Å². The molecule has 16 heavy (non-hydrogen) atoms. The average molecular weight is 215 g/mol. The quantitative estimate of drug-likeness (QED) is 0.829. The summed E-state index contributed by atoms with van der Waals surface area (Å²) in [5.74, 6) is 0.535. The number of hydrogen-bond donors (Lipinski definition) is 1. The predicted octanol–water partition coefficient (Wildman–Crippen LogP) is 1.70. The summed E-state index contributed by atoms with van der Waals surface area (Å²) in [5, 5.41) is 0. The summed E-state index contributed by atoms with van der Waals surface area (Å²) in [6.45, 7) is 3.88. The Morgan fingerprint density at radius 1 is 1.31 bits per heavy atom. The molecule has 2 aromatic rings. The van der Waals surface area contributed by atoms with Crippen molar-refractivity contribution in [2.45, 2.75) is 20.3 Å². The lowest BCUT2D eigenvalue weighted by atomic mass is 10.2. The Morgan fingerprint density at radius 3 is 2.81 bits per heavy atom. The summed E-state index contributed by atoms with van der Waals surface area (Å²) in [5.41, 5.74) is 2.25. The van der Waals surface area contributed by atoms with Crippen molar-refractivity contribution in [1.82, 2.24) is 15.0 Å². The Balaban J connectivity index is 2.55. The molecule has 82 valence electrons. The zero-order chi connectivity index (χ0) is 11.5. The molecule has 0 unspecified atom stereocenters. The molecule has 0 amide bonds. The van der Waals surface area contributed by atoms with Gasteiger partial charge in [-0.2, -0.15) is 0 Å². The summed E-state index contributed by atoms with van der Waals surface area (Å²) in [6.07, 6.45) is 0.739. The van der Waals surface area contributed by atoms with Gasteiger partial charge in [0.1, 0.15) is 5.69 Å². The fourth-order valence-electron chi connectivity index (χ4n) is 1.49. The van der Waals surface area contributed by atoms with E-state index in [1.54, 1.807) is 0 Å². The molecule has 2 aromatic heterocycles. The van der Waals surface area contributed by atoms with Crippen LogP contribution in [0.15, 0.2) is 29.1 Å². The molecule has 1 N–H and O–H groups in total. The number of nitrogens with zero attached hydrogens (tertiary/aromatic N) is 2. The van der Waals surface area contributed by atoms with E-state index in [4.69, 9.17) is 0 Å². The predicted molar refractivity (Wildman–Crippen MR) is 62.2 cm³/mol. The maximum absolute atomic E-state index is 11.4. The van der Waals surface area contributed by atoms with E-state index in [0.717, 1.165) is 17.8 Å². The van der Waals surface area contributed by atoms with E-state index in [1.807, 2.05) is 32.0 Å². The van der Waals surface area contributed by atoms with E-state index >= 15 is 0 Å². The molecule has 0 aliphatic carbocycles. The van der Waals surface area contributed by atoms with Crippen molar-refractivity contribution in [2.75, 3.05) is 0 Å². The molecule has 0 saturated heterocycles. The van der Waals surface area contributed by atoms with Crippen molar-refractivity contribution < 1.29 is 0 Å². The molecule has 2 rings (SSSR count). The van der Waals surface area contributed by atoms with Gasteiger partial charge in [0.15, 0.2) is 5.82 Å². The Bertz CT molecular complexity index is 560. The summed E-state index contributed by atoms with van der Waals surface area (Å²) in [4.78, 5) is 22.8. The van der Waals surface area contributed by atoms with Crippen molar-refractivity contribution >= 4 is 0 Å². The molecule has 0 atom stereocenters. The standard InChI is InChI=1S/C12H13N3O/c1-3-9-7-11(16)15-12(14-9)10-6-4-5-8(2)13-10/h4-7H,3H2,1-2H3,(H,14,15,16). The van der Waals surface area contributed by atoms with Gasteiger partial charge in [0.2, 0.25) is 0 Å². The second kappa shape index (κ2) is 4.26. The number of hydrogen-bond acceptors (Lipinski definition) is 3. The minimum absolute atomic E-state index is 0.134. The second-order valence-electron chi connectivity index (χ2n) is 3.60. The largest absolute Gasteiger partial charge is 0.305 e. The zero-order valence-electron chi connectivity index (χ0n) is 9.32. The number of rotatable bonds is 2. The van der Waals surface area contributed by atoms with Crippen molar-refractivity contribution in [3.05, 3.63) is 46.0 Å². The lowest BCUT2D eigenvalue weighted by molar-refractivity contribution is 0.977. The molecular weight excluding hydrogens is 202 g/mol. The van der Waals surface area contributed by atoms with E-state index in [-0.39, 0.29) is 5.56 Å². The van der Waals surface area contributed by atoms with Gasteiger partial charge in [0.25, 0.3) is 5.56 Å². The SMILES string of the molecule is CCc1cc(=O)[nH]c(-c2cccc(C)n2)n1. The van der Waals surface area contributed by atoms with Crippen molar-refractivity contribution in [3.8, 4) is 11.5 Å². The lowest BCUT2D eigenvalue weighted by Gasteiger charge is -2.02. The van der Waals surface area contributed by atoms with Gasteiger partial charge in [-0.05, 0) is 25.5 Å². The Morgan fingerprint density at radius 2 is 2.12 bits per heavy atom. The van der Waals surface area contributed by atoms with Crippen molar-refractivity contribution in [3.63, 3.8) is 0 Å². The normalized spacial score (nSPS) is 10.4. The Hall–Kier alpha value is -1.97. The molecule has 4 nitrogen and oxygen atoms in total. The average Bonchev–Trinajstić information content (AvgIpc) is 2.28. The maximum atomic E-state index is 11.4. The van der Waals surface area contributed by atoms with E-state index in [9.17, 15) is 4.79 Å². The smallest absolute Gasteiger partial charge is 0.251 e. The molecule has 2 heterocycles.